The molecule has 0 unspecified atom stereocenters. The number of para-hydroxylation sites is 4. The van der Waals surface area contributed by atoms with Crippen molar-refractivity contribution in [2.75, 3.05) is 0 Å². The average Bonchev–Trinajstić information content (AvgIpc) is 1.56. The zero-order valence-corrected chi connectivity index (χ0v) is 77.3. The SMILES string of the molecule is c1ccc(-c2ccc3c(c2)c2ccc4oc5ccccc5c4c2n3-c2ccc(-c3nc(-c4ccccc4)nc(-c4ccccc4)n3)cc2)cc1.c1ccc(-c2nc(-c3ccccc3)nc(-c3ccc(-n4c5cccc(-c6ccccc6)c5c5ccc6oc7ccccc7c6c54)cc3)n2)cc1.c1ccc(-c2nc(-c3ccccc3)nc(-c3ccc(-n4c5ccccc5c5ccc6oc7ccccc7c6c54)cc3)n2)cc1. The summed E-state index contributed by atoms with van der Waals surface area (Å²) in [6.45, 7) is 0. The molecule has 0 bridgehead atoms. The molecule has 15 heteroatoms. The molecule has 0 radical (unpaired) electrons. The monoisotopic (exact) mass is 1840 g/mol. The molecule has 0 saturated heterocycles. The van der Waals surface area contributed by atoms with E-state index in [0.717, 1.165) is 166 Å². The molecule has 0 fully saturated rings. The van der Waals surface area contributed by atoms with Crippen molar-refractivity contribution in [2.45, 2.75) is 0 Å². The van der Waals surface area contributed by atoms with Gasteiger partial charge in [0.1, 0.15) is 33.5 Å². The van der Waals surface area contributed by atoms with E-state index in [9.17, 15) is 0 Å². The van der Waals surface area contributed by atoms with Gasteiger partial charge in [0.2, 0.25) is 0 Å². The molecule has 0 saturated carbocycles. The minimum absolute atomic E-state index is 0.626. The fourth-order valence-corrected chi connectivity index (χ4v) is 20.5. The number of fused-ring (bicyclic) bond motifs is 21. The highest BCUT2D eigenvalue weighted by Crippen LogP contribution is 2.48. The van der Waals surface area contributed by atoms with Gasteiger partial charge in [-0.2, -0.15) is 0 Å². The van der Waals surface area contributed by atoms with Gasteiger partial charge in [-0.05, 0) is 174 Å². The quantitative estimate of drug-likeness (QED) is 0.101. The first kappa shape index (κ1) is 83.6. The van der Waals surface area contributed by atoms with Crippen molar-refractivity contribution in [2.24, 2.45) is 0 Å². The Balaban J connectivity index is 0.000000108. The minimum Gasteiger partial charge on any atom is -0.456 e. The van der Waals surface area contributed by atoms with E-state index in [0.29, 0.717) is 52.4 Å². The van der Waals surface area contributed by atoms with Crippen LogP contribution in [-0.4, -0.2) is 58.6 Å². The number of hydrogen-bond donors (Lipinski definition) is 0. The highest BCUT2D eigenvalue weighted by molar-refractivity contribution is 6.29. The van der Waals surface area contributed by atoms with Gasteiger partial charge in [0, 0.05) is 116 Å². The molecule has 0 spiro atoms. The summed E-state index contributed by atoms with van der Waals surface area (Å²) in [6, 6.07) is 167. The molecule has 9 aromatic heterocycles. The first-order chi connectivity index (χ1) is 71.4. The molecule has 0 N–H and O–H groups in total. The van der Waals surface area contributed by atoms with Crippen molar-refractivity contribution < 1.29 is 13.3 Å². The van der Waals surface area contributed by atoms with Crippen molar-refractivity contribution in [1.29, 1.82) is 0 Å². The van der Waals surface area contributed by atoms with E-state index in [1.165, 1.54) is 54.6 Å². The molecule has 0 aliphatic heterocycles. The van der Waals surface area contributed by atoms with Gasteiger partial charge in [0.25, 0.3) is 0 Å². The van der Waals surface area contributed by atoms with Crippen molar-refractivity contribution in [3.05, 3.63) is 485 Å². The normalized spacial score (nSPS) is 11.6. The van der Waals surface area contributed by atoms with Crippen LogP contribution in [0.5, 0.6) is 0 Å². The van der Waals surface area contributed by atoms with Crippen LogP contribution in [0.2, 0.25) is 0 Å². The van der Waals surface area contributed by atoms with Crippen LogP contribution in [0, 0.1) is 0 Å². The van der Waals surface area contributed by atoms with Crippen molar-refractivity contribution in [3.8, 4) is 142 Å². The van der Waals surface area contributed by atoms with Crippen LogP contribution >= 0.6 is 0 Å². The third kappa shape index (κ3) is 14.8. The van der Waals surface area contributed by atoms with Gasteiger partial charge in [0.15, 0.2) is 52.4 Å². The molecule has 0 aliphatic carbocycles. The molecule has 144 heavy (non-hydrogen) atoms. The molecule has 674 valence electrons. The zero-order valence-electron chi connectivity index (χ0n) is 77.3. The zero-order chi connectivity index (χ0) is 95.1. The van der Waals surface area contributed by atoms with Gasteiger partial charge in [-0.3, -0.25) is 0 Å². The number of furan rings is 3. The summed E-state index contributed by atoms with van der Waals surface area (Å²) in [5.41, 5.74) is 28.4. The smallest absolute Gasteiger partial charge is 0.164 e. The number of rotatable bonds is 14. The van der Waals surface area contributed by atoms with Gasteiger partial charge < -0.3 is 27.0 Å². The van der Waals surface area contributed by atoms with E-state index >= 15 is 0 Å². The fourth-order valence-electron chi connectivity index (χ4n) is 20.5. The second-order valence-electron chi connectivity index (χ2n) is 35.7. The highest BCUT2D eigenvalue weighted by Gasteiger charge is 2.27. The van der Waals surface area contributed by atoms with E-state index in [2.05, 4.69) is 281 Å². The second-order valence-corrected chi connectivity index (χ2v) is 35.7. The first-order valence-corrected chi connectivity index (χ1v) is 48.0. The summed E-state index contributed by atoms with van der Waals surface area (Å²) in [6.07, 6.45) is 0. The maximum Gasteiger partial charge on any atom is 0.164 e. The molecule has 0 atom stereocenters. The van der Waals surface area contributed by atoms with Crippen molar-refractivity contribution in [1.82, 2.24) is 58.6 Å². The highest BCUT2D eigenvalue weighted by atomic mass is 16.3. The largest absolute Gasteiger partial charge is 0.456 e. The Kier molecular flexibility index (Phi) is 20.5. The topological polar surface area (TPSA) is 170 Å². The lowest BCUT2D eigenvalue weighted by Gasteiger charge is -2.11. The Hall–Kier alpha value is -19.8. The summed E-state index contributed by atoms with van der Waals surface area (Å²) >= 11 is 0. The third-order valence-electron chi connectivity index (χ3n) is 27.2. The third-order valence-corrected chi connectivity index (χ3v) is 27.2. The predicted octanol–water partition coefficient (Wildman–Crippen LogP) is 32.9. The molecule has 9 heterocycles. The van der Waals surface area contributed by atoms with Crippen LogP contribution in [0.4, 0.5) is 0 Å². The number of hydrogen-bond acceptors (Lipinski definition) is 12. The summed E-state index contributed by atoms with van der Waals surface area (Å²) in [5, 5.41) is 13.8. The Morgan fingerprint density at radius 2 is 0.389 bits per heavy atom. The Labute approximate surface area is 824 Å². The van der Waals surface area contributed by atoms with E-state index < -0.39 is 0 Å². The number of nitrogens with zero attached hydrogens (tertiary/aromatic N) is 12. The maximum atomic E-state index is 6.40. The molecule has 15 nitrogen and oxygen atoms in total. The maximum absolute atomic E-state index is 6.40. The number of aromatic nitrogens is 12. The van der Waals surface area contributed by atoms with Gasteiger partial charge in [-0.1, -0.05) is 334 Å². The first-order valence-electron chi connectivity index (χ1n) is 48.0. The van der Waals surface area contributed by atoms with Crippen LogP contribution in [0.25, 0.3) is 273 Å². The van der Waals surface area contributed by atoms with Crippen LogP contribution in [0.3, 0.4) is 0 Å². The van der Waals surface area contributed by atoms with E-state index in [-0.39, 0.29) is 0 Å². The average molecular weight is 1850 g/mol. The predicted molar refractivity (Wildman–Crippen MR) is 584 cm³/mol. The molecule has 0 amide bonds. The van der Waals surface area contributed by atoms with Crippen LogP contribution in [-0.2, 0) is 0 Å². The van der Waals surface area contributed by atoms with Crippen molar-refractivity contribution in [3.63, 3.8) is 0 Å². The lowest BCUT2D eigenvalue weighted by Crippen LogP contribution is -2.00. The lowest BCUT2D eigenvalue weighted by atomic mass is 9.99. The van der Waals surface area contributed by atoms with Crippen LogP contribution in [0.1, 0.15) is 0 Å². The van der Waals surface area contributed by atoms with Gasteiger partial charge in [0.05, 0.1) is 49.3 Å². The standard InChI is InChI=1S/2C45H28N4O.C39H24N4O/c1-4-13-29(14-5-1)34-20-12-21-37-40(34)36-27-28-39-41(35-19-10-11-22-38(35)50-39)42(36)49(37)33-25-23-32(24-26-33)45-47-43(30-15-6-2-7-16-30)46-44(48-45)31-17-8-3-9-18-31;1-4-12-29(13-5-1)33-22-26-38-37(28-33)35-25-27-40-41(36-18-10-11-19-39(36)50-40)42(35)49(38)34-23-20-32(21-24-34)45-47-43(30-14-6-2-7-15-30)46-44(48-45)31-16-8-3-9-17-31;1-3-11-25(12-4-1)37-40-38(26-13-5-2-6-14-26)42-39(41-37)27-19-21-28(22-20-27)43-32-17-9-7-15-29(32)30-23-24-34-35(36(30)43)31-16-8-10-18-33(31)44-34/h2*1-28H;1-24H. The van der Waals surface area contributed by atoms with Crippen LogP contribution in [0.15, 0.2) is 499 Å². The Bertz CT molecular complexity index is 9800. The fraction of sp³-hybridized carbons (Fsp3) is 0. The van der Waals surface area contributed by atoms with E-state index in [1.54, 1.807) is 0 Å². The van der Waals surface area contributed by atoms with E-state index in [4.69, 9.17) is 58.1 Å². The molecule has 20 aromatic carbocycles. The summed E-state index contributed by atoms with van der Waals surface area (Å²) < 4.78 is 26.1. The molecule has 29 rings (SSSR count). The summed E-state index contributed by atoms with van der Waals surface area (Å²) in [5.74, 6) is 5.75. The molecule has 0 aliphatic rings. The molecular weight excluding hydrogens is 1770 g/mol. The van der Waals surface area contributed by atoms with E-state index in [1.807, 2.05) is 218 Å². The second kappa shape index (κ2) is 35.3. The Morgan fingerprint density at radius 3 is 0.736 bits per heavy atom. The lowest BCUT2D eigenvalue weighted by molar-refractivity contribution is 0.669. The number of benzene rings is 20. The minimum atomic E-state index is 0.626. The molecule has 29 aromatic rings. The van der Waals surface area contributed by atoms with Gasteiger partial charge in [-0.25, -0.2) is 44.9 Å². The van der Waals surface area contributed by atoms with Gasteiger partial charge in [-0.15, -0.1) is 0 Å². The van der Waals surface area contributed by atoms with Crippen molar-refractivity contribution >= 4 is 131 Å². The summed E-state index contributed by atoms with van der Waals surface area (Å²) in [4.78, 5) is 44.3. The summed E-state index contributed by atoms with van der Waals surface area (Å²) in [7, 11) is 0. The van der Waals surface area contributed by atoms with Gasteiger partial charge >= 0.3 is 0 Å². The Morgan fingerprint density at radius 1 is 0.139 bits per heavy atom. The molecular formula is C129H80N12O3. The van der Waals surface area contributed by atoms with Crippen LogP contribution < -0.4 is 0 Å².